The van der Waals surface area contributed by atoms with Gasteiger partial charge in [-0.3, -0.25) is 5.10 Å². The fourth-order valence-corrected chi connectivity index (χ4v) is 3.22. The monoisotopic (exact) mass is 275 g/mol. The van der Waals surface area contributed by atoms with Crippen molar-refractivity contribution in [1.82, 2.24) is 10.2 Å². The molecule has 0 atom stereocenters. The Morgan fingerprint density at radius 1 is 1.37 bits per heavy atom. The van der Waals surface area contributed by atoms with Gasteiger partial charge in [-0.05, 0) is 31.4 Å². The first-order valence-electron chi connectivity index (χ1n) is 6.81. The van der Waals surface area contributed by atoms with Crippen LogP contribution in [0.25, 0.3) is 0 Å². The fraction of sp³-hybridized carbons (Fsp3) is 0.400. The summed E-state index contributed by atoms with van der Waals surface area (Å²) in [7, 11) is 0. The van der Waals surface area contributed by atoms with Crippen LogP contribution in [0.1, 0.15) is 37.4 Å². The molecule has 0 unspecified atom stereocenters. The molecule has 0 bridgehead atoms. The van der Waals surface area contributed by atoms with Gasteiger partial charge in [-0.25, -0.2) is 0 Å². The zero-order valence-electron chi connectivity index (χ0n) is 11.0. The van der Waals surface area contributed by atoms with Crippen molar-refractivity contribution in [3.8, 4) is 0 Å². The standard InChI is InChI=1S/C15H18ClN3/c1-2-17-14-10-13(18-19-14)15(8-5-9-15)11-6-3-4-7-12(11)16/h3-4,6-7,10H,2,5,8-9H2,1H3,(H2,17,18,19). The lowest BCUT2D eigenvalue weighted by molar-refractivity contribution is 0.293. The largest absolute Gasteiger partial charge is 0.369 e. The first-order chi connectivity index (χ1) is 9.26. The van der Waals surface area contributed by atoms with Gasteiger partial charge in [0.25, 0.3) is 0 Å². The van der Waals surface area contributed by atoms with Gasteiger partial charge in [0.05, 0.1) is 0 Å². The van der Waals surface area contributed by atoms with E-state index in [-0.39, 0.29) is 5.41 Å². The quantitative estimate of drug-likeness (QED) is 0.887. The number of anilines is 1. The van der Waals surface area contributed by atoms with Gasteiger partial charge in [-0.1, -0.05) is 36.2 Å². The Morgan fingerprint density at radius 2 is 2.16 bits per heavy atom. The molecule has 3 nitrogen and oxygen atoms in total. The van der Waals surface area contributed by atoms with Crippen molar-refractivity contribution in [3.05, 3.63) is 46.6 Å². The zero-order chi connectivity index (χ0) is 13.3. The van der Waals surface area contributed by atoms with E-state index in [0.29, 0.717) is 0 Å². The third kappa shape index (κ3) is 2.02. The lowest BCUT2D eigenvalue weighted by Gasteiger charge is -2.42. The number of H-pyrrole nitrogens is 1. The number of aromatic amines is 1. The first kappa shape index (κ1) is 12.5. The Kier molecular flexibility index (Phi) is 3.23. The average Bonchev–Trinajstić information content (AvgIpc) is 2.80. The van der Waals surface area contributed by atoms with E-state index in [0.717, 1.165) is 30.2 Å². The third-order valence-corrected chi connectivity index (χ3v) is 4.38. The Morgan fingerprint density at radius 3 is 2.79 bits per heavy atom. The van der Waals surface area contributed by atoms with Crippen LogP contribution in [0.4, 0.5) is 5.82 Å². The molecule has 2 aromatic rings. The molecule has 1 aliphatic rings. The molecular weight excluding hydrogens is 258 g/mol. The van der Waals surface area contributed by atoms with Gasteiger partial charge in [0.15, 0.2) is 0 Å². The first-order valence-corrected chi connectivity index (χ1v) is 7.19. The van der Waals surface area contributed by atoms with E-state index in [4.69, 9.17) is 11.6 Å². The van der Waals surface area contributed by atoms with E-state index < -0.39 is 0 Å². The number of nitrogens with one attached hydrogen (secondary N) is 2. The highest BCUT2D eigenvalue weighted by atomic mass is 35.5. The van der Waals surface area contributed by atoms with Gasteiger partial charge in [0, 0.05) is 28.7 Å². The van der Waals surface area contributed by atoms with Crippen molar-refractivity contribution in [2.75, 3.05) is 11.9 Å². The van der Waals surface area contributed by atoms with E-state index in [1.807, 2.05) is 12.1 Å². The van der Waals surface area contributed by atoms with Crippen LogP contribution in [-0.4, -0.2) is 16.7 Å². The lowest BCUT2D eigenvalue weighted by Crippen LogP contribution is -2.36. The SMILES string of the molecule is CCNc1cc(C2(c3ccccc3Cl)CCC2)[nH]n1. The van der Waals surface area contributed by atoms with Crippen LogP contribution in [0.2, 0.25) is 5.02 Å². The van der Waals surface area contributed by atoms with Gasteiger partial charge in [-0.15, -0.1) is 0 Å². The number of benzene rings is 1. The predicted molar refractivity (Wildman–Crippen MR) is 78.8 cm³/mol. The molecule has 1 saturated carbocycles. The van der Waals surface area contributed by atoms with E-state index in [1.165, 1.54) is 17.7 Å². The summed E-state index contributed by atoms with van der Waals surface area (Å²) in [5, 5.41) is 11.6. The Labute approximate surface area is 118 Å². The van der Waals surface area contributed by atoms with Crippen LogP contribution in [0.5, 0.6) is 0 Å². The van der Waals surface area contributed by atoms with Crippen molar-refractivity contribution in [1.29, 1.82) is 0 Å². The predicted octanol–water partition coefficient (Wildman–Crippen LogP) is 3.96. The molecule has 0 spiro atoms. The summed E-state index contributed by atoms with van der Waals surface area (Å²) in [5.74, 6) is 0.913. The second-order valence-electron chi connectivity index (χ2n) is 5.11. The molecule has 0 aliphatic heterocycles. The zero-order valence-corrected chi connectivity index (χ0v) is 11.8. The molecule has 2 N–H and O–H groups in total. The Balaban J connectivity index is 2.01. The molecule has 3 rings (SSSR count). The molecule has 1 fully saturated rings. The number of hydrogen-bond donors (Lipinski definition) is 2. The normalized spacial score (nSPS) is 16.9. The average molecular weight is 276 g/mol. The molecule has 4 heteroatoms. The Hall–Kier alpha value is -1.48. The maximum absolute atomic E-state index is 6.39. The summed E-state index contributed by atoms with van der Waals surface area (Å²) in [6.07, 6.45) is 3.50. The molecule has 0 saturated heterocycles. The number of nitrogens with zero attached hydrogens (tertiary/aromatic N) is 1. The summed E-state index contributed by atoms with van der Waals surface area (Å²) in [6.45, 7) is 2.95. The number of aromatic nitrogens is 2. The summed E-state index contributed by atoms with van der Waals surface area (Å²) in [6, 6.07) is 10.3. The van der Waals surface area contributed by atoms with Crippen LogP contribution < -0.4 is 5.32 Å². The van der Waals surface area contributed by atoms with E-state index in [9.17, 15) is 0 Å². The number of hydrogen-bond acceptors (Lipinski definition) is 2. The van der Waals surface area contributed by atoms with Crippen molar-refractivity contribution in [2.24, 2.45) is 0 Å². The molecule has 1 aliphatic carbocycles. The second kappa shape index (κ2) is 4.89. The number of rotatable bonds is 4. The van der Waals surface area contributed by atoms with Crippen molar-refractivity contribution in [3.63, 3.8) is 0 Å². The van der Waals surface area contributed by atoms with Crippen LogP contribution >= 0.6 is 11.6 Å². The molecule has 100 valence electrons. The highest BCUT2D eigenvalue weighted by Crippen LogP contribution is 2.50. The minimum atomic E-state index is 0.0268. The van der Waals surface area contributed by atoms with E-state index >= 15 is 0 Å². The van der Waals surface area contributed by atoms with Gasteiger partial charge in [0.1, 0.15) is 5.82 Å². The van der Waals surface area contributed by atoms with Crippen LogP contribution in [0.15, 0.2) is 30.3 Å². The molecule has 0 amide bonds. The number of halogens is 1. The Bertz CT molecular complexity index is 572. The maximum Gasteiger partial charge on any atom is 0.148 e. The molecule has 1 heterocycles. The minimum Gasteiger partial charge on any atom is -0.369 e. The third-order valence-electron chi connectivity index (χ3n) is 4.05. The maximum atomic E-state index is 6.39. The van der Waals surface area contributed by atoms with E-state index in [2.05, 4.69) is 40.6 Å². The van der Waals surface area contributed by atoms with Gasteiger partial charge < -0.3 is 5.32 Å². The molecule has 0 radical (unpaired) electrons. The summed E-state index contributed by atoms with van der Waals surface area (Å²) < 4.78 is 0. The second-order valence-corrected chi connectivity index (χ2v) is 5.52. The molecule has 1 aromatic heterocycles. The summed E-state index contributed by atoms with van der Waals surface area (Å²) in [5.41, 5.74) is 2.41. The van der Waals surface area contributed by atoms with Gasteiger partial charge >= 0.3 is 0 Å². The topological polar surface area (TPSA) is 40.7 Å². The summed E-state index contributed by atoms with van der Waals surface area (Å²) >= 11 is 6.39. The van der Waals surface area contributed by atoms with E-state index in [1.54, 1.807) is 0 Å². The molecular formula is C15H18ClN3. The molecule has 1 aromatic carbocycles. The van der Waals surface area contributed by atoms with Crippen LogP contribution in [0, 0.1) is 0 Å². The van der Waals surface area contributed by atoms with Gasteiger partial charge in [-0.2, -0.15) is 5.10 Å². The summed E-state index contributed by atoms with van der Waals surface area (Å²) in [4.78, 5) is 0. The molecule has 19 heavy (non-hydrogen) atoms. The van der Waals surface area contributed by atoms with Crippen LogP contribution in [-0.2, 0) is 5.41 Å². The highest BCUT2D eigenvalue weighted by Gasteiger charge is 2.43. The highest BCUT2D eigenvalue weighted by molar-refractivity contribution is 6.31. The van der Waals surface area contributed by atoms with Gasteiger partial charge in [0.2, 0.25) is 0 Å². The van der Waals surface area contributed by atoms with Crippen molar-refractivity contribution < 1.29 is 0 Å². The van der Waals surface area contributed by atoms with Crippen LogP contribution in [0.3, 0.4) is 0 Å². The lowest BCUT2D eigenvalue weighted by atomic mass is 9.62. The fourth-order valence-electron chi connectivity index (χ4n) is 2.90. The van der Waals surface area contributed by atoms with Crippen molar-refractivity contribution in [2.45, 2.75) is 31.6 Å². The smallest absolute Gasteiger partial charge is 0.148 e. The van der Waals surface area contributed by atoms with Crippen molar-refractivity contribution >= 4 is 17.4 Å². The minimum absolute atomic E-state index is 0.0268.